The molecule has 1 aliphatic rings. The van der Waals surface area contributed by atoms with Crippen LogP contribution in [0.15, 0.2) is 53.6 Å². The highest BCUT2D eigenvalue weighted by molar-refractivity contribution is 5.96. The van der Waals surface area contributed by atoms with E-state index in [1.54, 1.807) is 6.08 Å². The first-order valence-electron chi connectivity index (χ1n) is 7.69. The number of methoxy groups -OCH3 is 1. The molecule has 0 unspecified atom stereocenters. The summed E-state index contributed by atoms with van der Waals surface area (Å²) in [5, 5.41) is 2.59. The predicted molar refractivity (Wildman–Crippen MR) is 91.7 cm³/mol. The van der Waals surface area contributed by atoms with Gasteiger partial charge in [-0.25, -0.2) is 4.79 Å². The zero-order chi connectivity index (χ0) is 17.4. The number of hydrogen-bond acceptors (Lipinski definition) is 4. The van der Waals surface area contributed by atoms with Crippen molar-refractivity contribution in [3.8, 4) is 11.8 Å². The molecule has 124 valence electrons. The highest BCUT2D eigenvalue weighted by atomic mass is 16.5. The normalized spacial score (nSPS) is 14.4. The van der Waals surface area contributed by atoms with Crippen molar-refractivity contribution in [3.05, 3.63) is 59.2 Å². The number of carbonyl (C=O) groups is 2. The summed E-state index contributed by atoms with van der Waals surface area (Å²) in [4.78, 5) is 23.6. The number of benzene rings is 1. The number of esters is 1. The Morgan fingerprint density at radius 3 is 2.54 bits per heavy atom. The zero-order valence-corrected chi connectivity index (χ0v) is 13.5. The number of hydrogen-bond donors (Lipinski definition) is 2. The molecule has 0 aliphatic heterocycles. The average Bonchev–Trinajstić information content (AvgIpc) is 2.64. The van der Waals surface area contributed by atoms with Crippen molar-refractivity contribution in [2.24, 2.45) is 5.73 Å². The number of allylic oxidation sites excluding steroid dienone is 3. The Morgan fingerprint density at radius 2 is 1.96 bits per heavy atom. The smallest absolute Gasteiger partial charge is 0.329 e. The quantitative estimate of drug-likeness (QED) is 0.646. The number of nitrogens with one attached hydrogen (secondary N) is 1. The minimum Gasteiger partial charge on any atom is -0.467 e. The Bertz CT molecular complexity index is 724. The fraction of sp³-hybridized carbons (Fsp3) is 0.263. The molecular weight excluding hydrogens is 304 g/mol. The van der Waals surface area contributed by atoms with Gasteiger partial charge in [0.15, 0.2) is 0 Å². The second-order valence-electron chi connectivity index (χ2n) is 5.28. The van der Waals surface area contributed by atoms with Crippen LogP contribution in [-0.2, 0) is 14.3 Å². The van der Waals surface area contributed by atoms with Crippen LogP contribution in [0.2, 0.25) is 0 Å². The summed E-state index contributed by atoms with van der Waals surface area (Å²) < 4.78 is 4.60. The van der Waals surface area contributed by atoms with E-state index in [9.17, 15) is 9.59 Å². The van der Waals surface area contributed by atoms with Gasteiger partial charge in [0.1, 0.15) is 6.04 Å². The van der Waals surface area contributed by atoms with E-state index in [0.717, 1.165) is 11.1 Å². The Kier molecular flexibility index (Phi) is 6.35. The summed E-state index contributed by atoms with van der Waals surface area (Å²) in [6.45, 7) is -0.00463. The second-order valence-corrected chi connectivity index (χ2v) is 5.28. The average molecular weight is 324 g/mol. The van der Waals surface area contributed by atoms with Crippen molar-refractivity contribution >= 4 is 11.9 Å². The van der Waals surface area contributed by atoms with E-state index in [2.05, 4.69) is 21.9 Å². The van der Waals surface area contributed by atoms with Gasteiger partial charge in [-0.1, -0.05) is 42.2 Å². The van der Waals surface area contributed by atoms with Gasteiger partial charge in [0, 0.05) is 23.3 Å². The van der Waals surface area contributed by atoms with Crippen molar-refractivity contribution in [1.82, 2.24) is 5.32 Å². The highest BCUT2D eigenvalue weighted by Crippen LogP contribution is 2.18. The molecule has 2 rings (SSSR count). The van der Waals surface area contributed by atoms with Gasteiger partial charge in [-0.3, -0.25) is 4.79 Å². The molecule has 0 bridgehead atoms. The number of ether oxygens (including phenoxy) is 1. The molecule has 1 aromatic carbocycles. The lowest BCUT2D eigenvalue weighted by Crippen LogP contribution is -2.46. The molecule has 1 atom stereocenters. The number of amides is 1. The van der Waals surface area contributed by atoms with Crippen molar-refractivity contribution in [1.29, 1.82) is 0 Å². The van der Waals surface area contributed by atoms with Crippen LogP contribution >= 0.6 is 0 Å². The van der Waals surface area contributed by atoms with Gasteiger partial charge < -0.3 is 15.8 Å². The first-order valence-corrected chi connectivity index (χ1v) is 7.69. The molecule has 1 amide bonds. The lowest BCUT2D eigenvalue weighted by molar-refractivity contribution is -0.144. The van der Waals surface area contributed by atoms with Crippen LogP contribution < -0.4 is 11.1 Å². The Labute approximate surface area is 141 Å². The van der Waals surface area contributed by atoms with Gasteiger partial charge >= 0.3 is 5.97 Å². The lowest BCUT2D eigenvalue weighted by atomic mass is 9.97. The van der Waals surface area contributed by atoms with Gasteiger partial charge in [-0.15, -0.1) is 0 Å². The van der Waals surface area contributed by atoms with Crippen molar-refractivity contribution < 1.29 is 14.3 Å². The molecule has 0 saturated heterocycles. The molecule has 3 N–H and O–H groups in total. The third-order valence-corrected chi connectivity index (χ3v) is 3.61. The van der Waals surface area contributed by atoms with Gasteiger partial charge in [-0.05, 0) is 25.0 Å². The summed E-state index contributed by atoms with van der Waals surface area (Å²) >= 11 is 0. The SMILES string of the molecule is COC(=O)[C@H](CN)NC(=O)C1=CC=C(C#Cc2ccccc2)CC1. The van der Waals surface area contributed by atoms with Gasteiger partial charge in [-0.2, -0.15) is 0 Å². The molecule has 0 saturated carbocycles. The Morgan fingerprint density at radius 1 is 1.21 bits per heavy atom. The first kappa shape index (κ1) is 17.5. The van der Waals surface area contributed by atoms with E-state index >= 15 is 0 Å². The molecule has 0 aromatic heterocycles. The molecule has 1 aliphatic carbocycles. The van der Waals surface area contributed by atoms with Crippen molar-refractivity contribution in [2.45, 2.75) is 18.9 Å². The van der Waals surface area contributed by atoms with E-state index < -0.39 is 12.0 Å². The van der Waals surface area contributed by atoms with Crippen LogP contribution in [0.4, 0.5) is 0 Å². The summed E-state index contributed by atoms with van der Waals surface area (Å²) in [5.41, 5.74) is 8.00. The third-order valence-electron chi connectivity index (χ3n) is 3.61. The summed E-state index contributed by atoms with van der Waals surface area (Å²) in [6, 6.07) is 8.90. The number of carbonyl (C=O) groups excluding carboxylic acids is 2. The maximum Gasteiger partial charge on any atom is 0.329 e. The van der Waals surface area contributed by atoms with Crippen LogP contribution in [0.3, 0.4) is 0 Å². The van der Waals surface area contributed by atoms with Crippen molar-refractivity contribution in [2.75, 3.05) is 13.7 Å². The maximum absolute atomic E-state index is 12.2. The molecular formula is C19H20N2O3. The van der Waals surface area contributed by atoms with E-state index in [1.165, 1.54) is 7.11 Å². The molecule has 5 nitrogen and oxygen atoms in total. The topological polar surface area (TPSA) is 81.4 Å². The molecule has 0 fully saturated rings. The van der Waals surface area contributed by atoms with Gasteiger partial charge in [0.2, 0.25) is 5.91 Å². The Hall–Kier alpha value is -2.84. The third kappa shape index (κ3) is 4.83. The fourth-order valence-electron chi connectivity index (χ4n) is 2.21. The Balaban J connectivity index is 2.01. The molecule has 0 spiro atoms. The van der Waals surface area contributed by atoms with E-state index in [0.29, 0.717) is 18.4 Å². The monoisotopic (exact) mass is 324 g/mol. The van der Waals surface area contributed by atoms with E-state index in [-0.39, 0.29) is 12.5 Å². The lowest BCUT2D eigenvalue weighted by Gasteiger charge is -2.17. The molecule has 1 aromatic rings. The fourth-order valence-corrected chi connectivity index (χ4v) is 2.21. The number of rotatable bonds is 4. The molecule has 5 heteroatoms. The number of nitrogens with two attached hydrogens (primary N) is 1. The highest BCUT2D eigenvalue weighted by Gasteiger charge is 2.22. The largest absolute Gasteiger partial charge is 0.467 e. The minimum atomic E-state index is -0.827. The van der Waals surface area contributed by atoms with E-state index in [4.69, 9.17) is 5.73 Å². The van der Waals surface area contributed by atoms with Crippen molar-refractivity contribution in [3.63, 3.8) is 0 Å². The summed E-state index contributed by atoms with van der Waals surface area (Å²) in [7, 11) is 1.26. The first-order chi connectivity index (χ1) is 11.6. The van der Waals surface area contributed by atoms with Crippen LogP contribution in [0.1, 0.15) is 18.4 Å². The van der Waals surface area contributed by atoms with Gasteiger partial charge in [0.25, 0.3) is 0 Å². The van der Waals surface area contributed by atoms with Gasteiger partial charge in [0.05, 0.1) is 7.11 Å². The molecule has 0 heterocycles. The molecule has 24 heavy (non-hydrogen) atoms. The van der Waals surface area contributed by atoms with Crippen LogP contribution in [0.25, 0.3) is 0 Å². The van der Waals surface area contributed by atoms with Crippen LogP contribution in [-0.4, -0.2) is 31.6 Å². The molecule has 0 radical (unpaired) electrons. The predicted octanol–water partition coefficient (Wildman–Crippen LogP) is 1.30. The maximum atomic E-state index is 12.2. The second kappa shape index (κ2) is 8.70. The van der Waals surface area contributed by atoms with Crippen LogP contribution in [0, 0.1) is 11.8 Å². The summed E-state index contributed by atoms with van der Waals surface area (Å²) in [6.07, 6.45) is 4.83. The summed E-state index contributed by atoms with van der Waals surface area (Å²) in [5.74, 6) is 5.36. The minimum absolute atomic E-state index is 0.00463. The zero-order valence-electron chi connectivity index (χ0n) is 13.5. The van der Waals surface area contributed by atoms with Crippen LogP contribution in [0.5, 0.6) is 0 Å². The van der Waals surface area contributed by atoms with E-state index in [1.807, 2.05) is 36.4 Å². The standard InChI is InChI=1S/C19H20N2O3/c1-24-19(23)17(13-20)21-18(22)16-11-9-15(10-12-16)8-7-14-5-3-2-4-6-14/h2-6,9,11,17H,10,12-13,20H2,1H3,(H,21,22)/t17-/m0/s1.